The number of aromatic nitrogens is 1. The molecule has 0 amide bonds. The Balaban J connectivity index is 2.25. The molecule has 0 aliphatic rings. The molecule has 0 saturated heterocycles. The minimum atomic E-state index is -4.17. The van der Waals surface area contributed by atoms with Gasteiger partial charge in [0, 0.05) is 17.8 Å². The molecule has 1 unspecified atom stereocenters. The lowest BCUT2D eigenvalue weighted by Gasteiger charge is -2.12. The molecule has 1 heterocycles. The summed E-state index contributed by atoms with van der Waals surface area (Å²) in [5.41, 5.74) is 1.74. The van der Waals surface area contributed by atoms with Crippen LogP contribution in [0, 0.1) is 0 Å². The van der Waals surface area contributed by atoms with E-state index in [1.165, 1.54) is 4.57 Å². The average Bonchev–Trinajstić information content (AvgIpc) is 2.71. The Kier molecular flexibility index (Phi) is 4.81. The summed E-state index contributed by atoms with van der Waals surface area (Å²) in [5, 5.41) is 0. The standard InChI is InChI=1S/C14H15BrF3NO2/c1-2-7-19-11-4-3-9(8-12(11)21-13(19)20)10(15)5-6-14(16,17)18/h3-4,8,10H,2,5-7H2,1H3. The van der Waals surface area contributed by atoms with E-state index >= 15 is 0 Å². The molecule has 0 saturated carbocycles. The van der Waals surface area contributed by atoms with Crippen molar-refractivity contribution in [3.05, 3.63) is 34.3 Å². The van der Waals surface area contributed by atoms with Crippen LogP contribution in [0.25, 0.3) is 11.1 Å². The quantitative estimate of drug-likeness (QED) is 0.714. The molecule has 21 heavy (non-hydrogen) atoms. The number of halogens is 4. The molecule has 0 radical (unpaired) electrons. The summed E-state index contributed by atoms with van der Waals surface area (Å²) in [6.45, 7) is 2.50. The van der Waals surface area contributed by atoms with E-state index in [4.69, 9.17) is 4.42 Å². The lowest BCUT2D eigenvalue weighted by molar-refractivity contribution is -0.135. The smallest absolute Gasteiger partial charge is 0.408 e. The van der Waals surface area contributed by atoms with Gasteiger partial charge in [0.15, 0.2) is 5.58 Å². The lowest BCUT2D eigenvalue weighted by atomic mass is 10.1. The number of benzene rings is 1. The topological polar surface area (TPSA) is 35.1 Å². The third-order valence-electron chi connectivity index (χ3n) is 3.18. The molecule has 2 rings (SSSR count). The third-order valence-corrected chi connectivity index (χ3v) is 4.17. The number of nitrogens with zero attached hydrogens (tertiary/aromatic N) is 1. The molecule has 0 N–H and O–H groups in total. The molecular formula is C14H15BrF3NO2. The molecule has 7 heteroatoms. The second-order valence-corrected chi connectivity index (χ2v) is 5.97. The zero-order valence-corrected chi connectivity index (χ0v) is 13.0. The minimum Gasteiger partial charge on any atom is -0.408 e. The Labute approximate surface area is 127 Å². The minimum absolute atomic E-state index is 0.0606. The van der Waals surface area contributed by atoms with Crippen LogP contribution in [0.3, 0.4) is 0 Å². The van der Waals surface area contributed by atoms with Crippen molar-refractivity contribution in [1.82, 2.24) is 4.57 Å². The molecule has 0 aliphatic carbocycles. The molecule has 1 aromatic heterocycles. The third kappa shape index (κ3) is 3.90. The SMILES string of the molecule is CCCn1c(=O)oc2cc(C(Br)CCC(F)(F)F)ccc21. The van der Waals surface area contributed by atoms with Gasteiger partial charge < -0.3 is 4.42 Å². The summed E-state index contributed by atoms with van der Waals surface area (Å²) < 4.78 is 43.4. The maximum atomic E-state index is 12.2. The summed E-state index contributed by atoms with van der Waals surface area (Å²) in [4.78, 5) is 11.3. The highest BCUT2D eigenvalue weighted by atomic mass is 79.9. The van der Waals surface area contributed by atoms with Crippen LogP contribution in [0.15, 0.2) is 27.4 Å². The van der Waals surface area contributed by atoms with Crippen LogP contribution >= 0.6 is 15.9 Å². The first-order chi connectivity index (χ1) is 9.81. The molecule has 1 aromatic carbocycles. The van der Waals surface area contributed by atoms with Crippen molar-refractivity contribution in [2.75, 3.05) is 0 Å². The fraction of sp³-hybridized carbons (Fsp3) is 0.500. The number of hydrogen-bond donors (Lipinski definition) is 0. The zero-order valence-electron chi connectivity index (χ0n) is 11.4. The Morgan fingerprint density at radius 1 is 1.38 bits per heavy atom. The van der Waals surface area contributed by atoms with Gasteiger partial charge in [-0.2, -0.15) is 13.2 Å². The van der Waals surface area contributed by atoms with E-state index in [9.17, 15) is 18.0 Å². The van der Waals surface area contributed by atoms with Gasteiger partial charge in [-0.15, -0.1) is 0 Å². The predicted molar refractivity (Wildman–Crippen MR) is 77.7 cm³/mol. The van der Waals surface area contributed by atoms with E-state index in [2.05, 4.69) is 15.9 Å². The average molecular weight is 366 g/mol. The Hall–Kier alpha value is -1.24. The van der Waals surface area contributed by atoms with E-state index < -0.39 is 23.2 Å². The van der Waals surface area contributed by atoms with Crippen molar-refractivity contribution in [3.8, 4) is 0 Å². The molecule has 2 aromatic rings. The Bertz CT molecular complexity index is 675. The second-order valence-electron chi connectivity index (χ2n) is 4.87. The predicted octanol–water partition coefficient (Wildman–Crippen LogP) is 4.78. The van der Waals surface area contributed by atoms with Gasteiger partial charge in [0.25, 0.3) is 0 Å². The van der Waals surface area contributed by atoms with Crippen LogP contribution in [0.5, 0.6) is 0 Å². The number of aryl methyl sites for hydroxylation is 1. The normalized spacial score (nSPS) is 13.8. The van der Waals surface area contributed by atoms with Crippen LogP contribution in [0.2, 0.25) is 0 Å². The summed E-state index contributed by atoms with van der Waals surface area (Å²) in [7, 11) is 0. The molecular weight excluding hydrogens is 351 g/mol. The molecule has 3 nitrogen and oxygen atoms in total. The van der Waals surface area contributed by atoms with E-state index in [0.29, 0.717) is 23.2 Å². The first kappa shape index (κ1) is 16.1. The largest absolute Gasteiger partial charge is 0.419 e. The molecule has 0 bridgehead atoms. The van der Waals surface area contributed by atoms with Gasteiger partial charge >= 0.3 is 11.9 Å². The van der Waals surface area contributed by atoms with Crippen molar-refractivity contribution >= 4 is 27.0 Å². The number of alkyl halides is 4. The van der Waals surface area contributed by atoms with E-state index in [1.54, 1.807) is 18.2 Å². The highest BCUT2D eigenvalue weighted by molar-refractivity contribution is 9.09. The maximum Gasteiger partial charge on any atom is 0.419 e. The second kappa shape index (κ2) is 6.25. The molecule has 116 valence electrons. The van der Waals surface area contributed by atoms with Crippen molar-refractivity contribution in [1.29, 1.82) is 0 Å². The van der Waals surface area contributed by atoms with Crippen molar-refractivity contribution < 1.29 is 17.6 Å². The number of rotatable bonds is 5. The summed E-state index contributed by atoms with van der Waals surface area (Å²) in [6, 6.07) is 5.06. The monoisotopic (exact) mass is 365 g/mol. The maximum absolute atomic E-state index is 12.2. The van der Waals surface area contributed by atoms with Crippen LogP contribution < -0.4 is 5.76 Å². The number of hydrogen-bond acceptors (Lipinski definition) is 2. The van der Waals surface area contributed by atoms with Crippen LogP contribution in [-0.4, -0.2) is 10.7 Å². The van der Waals surface area contributed by atoms with Crippen LogP contribution in [0.4, 0.5) is 13.2 Å². The molecule has 0 spiro atoms. The van der Waals surface area contributed by atoms with E-state index in [-0.39, 0.29) is 6.42 Å². The van der Waals surface area contributed by atoms with Crippen LogP contribution in [0.1, 0.15) is 36.6 Å². The van der Waals surface area contributed by atoms with Crippen molar-refractivity contribution in [3.63, 3.8) is 0 Å². The fourth-order valence-corrected chi connectivity index (χ4v) is 2.68. The fourth-order valence-electron chi connectivity index (χ4n) is 2.17. The Morgan fingerprint density at radius 2 is 2.10 bits per heavy atom. The molecule has 1 atom stereocenters. The van der Waals surface area contributed by atoms with Crippen molar-refractivity contribution in [2.45, 2.75) is 43.7 Å². The summed E-state index contributed by atoms with van der Waals surface area (Å²) in [6.07, 6.45) is -4.30. The van der Waals surface area contributed by atoms with Gasteiger partial charge in [-0.25, -0.2) is 4.79 Å². The van der Waals surface area contributed by atoms with Crippen LogP contribution in [-0.2, 0) is 6.54 Å². The summed E-state index contributed by atoms with van der Waals surface area (Å²) >= 11 is 3.25. The van der Waals surface area contributed by atoms with Gasteiger partial charge in [-0.1, -0.05) is 28.9 Å². The van der Waals surface area contributed by atoms with Gasteiger partial charge in [-0.3, -0.25) is 4.57 Å². The van der Waals surface area contributed by atoms with Gasteiger partial charge in [0.05, 0.1) is 5.52 Å². The zero-order chi connectivity index (χ0) is 15.6. The van der Waals surface area contributed by atoms with Crippen molar-refractivity contribution in [2.24, 2.45) is 0 Å². The summed E-state index contributed by atoms with van der Waals surface area (Å²) in [5.74, 6) is -0.439. The first-order valence-corrected chi connectivity index (χ1v) is 7.57. The molecule has 0 fully saturated rings. The highest BCUT2D eigenvalue weighted by Crippen LogP contribution is 2.34. The van der Waals surface area contributed by atoms with Gasteiger partial charge in [-0.05, 0) is 30.5 Å². The first-order valence-electron chi connectivity index (χ1n) is 6.66. The number of fused-ring (bicyclic) bond motifs is 1. The number of oxazole rings is 1. The lowest BCUT2D eigenvalue weighted by Crippen LogP contribution is -2.13. The molecule has 0 aliphatic heterocycles. The highest BCUT2D eigenvalue weighted by Gasteiger charge is 2.28. The van der Waals surface area contributed by atoms with Gasteiger partial charge in [0.2, 0.25) is 0 Å². The van der Waals surface area contributed by atoms with E-state index in [1.807, 2.05) is 6.92 Å². The Morgan fingerprint density at radius 3 is 2.71 bits per heavy atom. The van der Waals surface area contributed by atoms with Gasteiger partial charge in [0.1, 0.15) is 0 Å². The van der Waals surface area contributed by atoms with E-state index in [0.717, 1.165) is 6.42 Å².